The topological polar surface area (TPSA) is 26.9 Å². The zero-order valence-corrected chi connectivity index (χ0v) is 9.41. The molecule has 0 spiro atoms. The Morgan fingerprint density at radius 3 is 2.69 bits per heavy atom. The molecule has 0 atom stereocenters. The fourth-order valence-corrected chi connectivity index (χ4v) is 1.69. The summed E-state index contributed by atoms with van der Waals surface area (Å²) >= 11 is 5.88. The molecule has 0 N–H and O–H groups in total. The Morgan fingerprint density at radius 1 is 1.38 bits per heavy atom. The molecule has 16 heavy (non-hydrogen) atoms. The van der Waals surface area contributed by atoms with Crippen molar-refractivity contribution in [1.82, 2.24) is 9.13 Å². The van der Waals surface area contributed by atoms with E-state index in [1.807, 2.05) is 0 Å². The van der Waals surface area contributed by atoms with Crippen LogP contribution in [0.25, 0.3) is 0 Å². The van der Waals surface area contributed by atoms with Gasteiger partial charge >= 0.3 is 5.69 Å². The van der Waals surface area contributed by atoms with Gasteiger partial charge in [0.2, 0.25) is 0 Å². The third-order valence-electron chi connectivity index (χ3n) is 2.37. The smallest absolute Gasteiger partial charge is 0.302 e. The summed E-state index contributed by atoms with van der Waals surface area (Å²) in [5.41, 5.74) is 0.594. The predicted octanol–water partition coefficient (Wildman–Crippen LogP) is 2.03. The van der Waals surface area contributed by atoms with Gasteiger partial charge in [-0.25, -0.2) is 9.18 Å². The van der Waals surface area contributed by atoms with E-state index in [9.17, 15) is 9.18 Å². The average molecular weight is 241 g/mol. The Morgan fingerprint density at radius 2 is 2.12 bits per heavy atom. The first-order valence-electron chi connectivity index (χ1n) is 4.73. The highest BCUT2D eigenvalue weighted by atomic mass is 35.5. The maximum atomic E-state index is 12.8. The second-order valence-electron chi connectivity index (χ2n) is 3.56. The molecule has 0 bridgehead atoms. The van der Waals surface area contributed by atoms with E-state index in [0.29, 0.717) is 11.6 Å². The molecule has 0 aliphatic rings. The zero-order chi connectivity index (χ0) is 11.7. The fourth-order valence-electron chi connectivity index (χ4n) is 1.46. The van der Waals surface area contributed by atoms with Crippen molar-refractivity contribution in [1.29, 1.82) is 0 Å². The van der Waals surface area contributed by atoms with Crippen molar-refractivity contribution in [3.05, 3.63) is 57.5 Å². The number of rotatable bonds is 2. The summed E-state index contributed by atoms with van der Waals surface area (Å²) in [6.07, 6.45) is 3.34. The van der Waals surface area contributed by atoms with Crippen LogP contribution in [0.15, 0.2) is 35.4 Å². The van der Waals surface area contributed by atoms with Gasteiger partial charge in [0.15, 0.2) is 0 Å². The van der Waals surface area contributed by atoms with Crippen LogP contribution < -0.4 is 5.69 Å². The minimum absolute atomic E-state index is 0.125. The first-order chi connectivity index (χ1) is 7.58. The first kappa shape index (κ1) is 11.0. The molecular formula is C11H10ClFN2O. The minimum Gasteiger partial charge on any atom is -0.302 e. The summed E-state index contributed by atoms with van der Waals surface area (Å²) in [5, 5.41) is 0.329. The van der Waals surface area contributed by atoms with Crippen LogP contribution in [0.3, 0.4) is 0 Å². The number of nitrogens with zero attached hydrogens (tertiary/aromatic N) is 2. The molecule has 0 aliphatic carbocycles. The number of benzene rings is 1. The van der Waals surface area contributed by atoms with Gasteiger partial charge in [-0.1, -0.05) is 17.7 Å². The van der Waals surface area contributed by atoms with Gasteiger partial charge in [0.25, 0.3) is 0 Å². The van der Waals surface area contributed by atoms with E-state index in [4.69, 9.17) is 11.6 Å². The van der Waals surface area contributed by atoms with Gasteiger partial charge in [-0.2, -0.15) is 0 Å². The Labute approximate surface area is 96.7 Å². The van der Waals surface area contributed by atoms with E-state index in [-0.39, 0.29) is 11.5 Å². The monoisotopic (exact) mass is 240 g/mol. The Balaban J connectivity index is 2.34. The molecule has 3 nitrogen and oxygen atoms in total. The molecule has 0 aliphatic heterocycles. The molecule has 1 heterocycles. The quantitative estimate of drug-likeness (QED) is 0.789. The van der Waals surface area contributed by atoms with Crippen molar-refractivity contribution in [2.24, 2.45) is 7.05 Å². The summed E-state index contributed by atoms with van der Waals surface area (Å²) in [6, 6.07) is 4.15. The lowest BCUT2D eigenvalue weighted by Gasteiger charge is -2.04. The predicted molar refractivity (Wildman–Crippen MR) is 60.2 cm³/mol. The molecule has 84 valence electrons. The Kier molecular flexibility index (Phi) is 2.83. The highest BCUT2D eigenvalue weighted by molar-refractivity contribution is 6.31. The van der Waals surface area contributed by atoms with Gasteiger partial charge < -0.3 is 4.57 Å². The van der Waals surface area contributed by atoms with Crippen molar-refractivity contribution in [3.8, 4) is 0 Å². The van der Waals surface area contributed by atoms with E-state index in [0.717, 1.165) is 5.56 Å². The molecule has 0 unspecified atom stereocenters. The highest BCUT2D eigenvalue weighted by Crippen LogP contribution is 2.17. The standard InChI is InChI=1S/C11H10ClFN2O/c1-14-4-5-15(11(14)16)7-8-2-3-9(13)6-10(8)12/h2-6H,7H2,1H3. The van der Waals surface area contributed by atoms with Crippen molar-refractivity contribution in [2.45, 2.75) is 6.54 Å². The lowest BCUT2D eigenvalue weighted by molar-refractivity contribution is 0.626. The normalized spacial score (nSPS) is 10.7. The summed E-state index contributed by atoms with van der Waals surface area (Å²) in [5.74, 6) is -0.380. The van der Waals surface area contributed by atoms with E-state index in [1.54, 1.807) is 25.5 Å². The minimum atomic E-state index is -0.380. The largest absolute Gasteiger partial charge is 0.328 e. The first-order valence-corrected chi connectivity index (χ1v) is 5.11. The van der Waals surface area contributed by atoms with Crippen molar-refractivity contribution in [3.63, 3.8) is 0 Å². The van der Waals surface area contributed by atoms with Crippen molar-refractivity contribution in [2.75, 3.05) is 0 Å². The molecule has 1 aromatic heterocycles. The van der Waals surface area contributed by atoms with Crippen LogP contribution in [0, 0.1) is 5.82 Å². The number of halogens is 2. The molecule has 0 saturated carbocycles. The maximum Gasteiger partial charge on any atom is 0.328 e. The lowest BCUT2D eigenvalue weighted by atomic mass is 10.2. The van der Waals surface area contributed by atoms with Crippen LogP contribution >= 0.6 is 11.6 Å². The SMILES string of the molecule is Cn1ccn(Cc2ccc(F)cc2Cl)c1=O. The van der Waals surface area contributed by atoms with Gasteiger partial charge in [0, 0.05) is 24.5 Å². The van der Waals surface area contributed by atoms with Crippen LogP contribution in [0.1, 0.15) is 5.56 Å². The zero-order valence-electron chi connectivity index (χ0n) is 8.65. The van der Waals surface area contributed by atoms with Gasteiger partial charge in [-0.15, -0.1) is 0 Å². The molecule has 0 radical (unpaired) electrons. The van der Waals surface area contributed by atoms with Crippen LogP contribution in [0.2, 0.25) is 5.02 Å². The van der Waals surface area contributed by atoms with Crippen molar-refractivity contribution >= 4 is 11.6 Å². The summed E-state index contributed by atoms with van der Waals surface area (Å²) in [4.78, 5) is 11.6. The van der Waals surface area contributed by atoms with E-state index >= 15 is 0 Å². The molecule has 0 saturated heterocycles. The second-order valence-corrected chi connectivity index (χ2v) is 3.96. The van der Waals surface area contributed by atoms with Gasteiger partial charge in [0.1, 0.15) is 5.82 Å². The summed E-state index contributed by atoms with van der Waals surface area (Å²) < 4.78 is 15.8. The third-order valence-corrected chi connectivity index (χ3v) is 2.73. The lowest BCUT2D eigenvalue weighted by Crippen LogP contribution is -2.22. The molecular weight excluding hydrogens is 231 g/mol. The number of aryl methyl sites for hydroxylation is 1. The van der Waals surface area contributed by atoms with E-state index in [1.165, 1.54) is 21.3 Å². The second kappa shape index (κ2) is 4.14. The van der Waals surface area contributed by atoms with Crippen LogP contribution in [-0.2, 0) is 13.6 Å². The molecule has 5 heteroatoms. The number of aromatic nitrogens is 2. The van der Waals surface area contributed by atoms with E-state index in [2.05, 4.69) is 0 Å². The third kappa shape index (κ3) is 2.02. The molecule has 1 aromatic carbocycles. The molecule has 2 aromatic rings. The number of hydrogen-bond acceptors (Lipinski definition) is 1. The van der Waals surface area contributed by atoms with Crippen LogP contribution in [-0.4, -0.2) is 9.13 Å². The Bertz CT molecular complexity index is 574. The van der Waals surface area contributed by atoms with Gasteiger partial charge in [-0.3, -0.25) is 4.57 Å². The average Bonchev–Trinajstić information content (AvgIpc) is 2.54. The maximum absolute atomic E-state index is 12.8. The summed E-state index contributed by atoms with van der Waals surface area (Å²) in [7, 11) is 1.67. The van der Waals surface area contributed by atoms with Crippen molar-refractivity contribution < 1.29 is 4.39 Å². The van der Waals surface area contributed by atoms with Gasteiger partial charge in [0.05, 0.1) is 6.54 Å². The fraction of sp³-hybridized carbons (Fsp3) is 0.182. The highest BCUT2D eigenvalue weighted by Gasteiger charge is 2.05. The molecule has 0 fully saturated rings. The molecule has 0 amide bonds. The van der Waals surface area contributed by atoms with E-state index < -0.39 is 0 Å². The Hall–Kier alpha value is -1.55. The van der Waals surface area contributed by atoms with Crippen LogP contribution in [0.4, 0.5) is 4.39 Å². The summed E-state index contributed by atoms with van der Waals surface area (Å²) in [6.45, 7) is 0.346. The number of imidazole rings is 1. The van der Waals surface area contributed by atoms with Gasteiger partial charge in [-0.05, 0) is 17.7 Å². The number of hydrogen-bond donors (Lipinski definition) is 0. The molecule has 2 rings (SSSR count). The van der Waals surface area contributed by atoms with Crippen LogP contribution in [0.5, 0.6) is 0 Å².